The number of likely N-dealkylation sites (N-methyl/N-ethyl adjacent to an activating group) is 2. The van der Waals surface area contributed by atoms with Crippen LogP contribution in [0.3, 0.4) is 0 Å². The van der Waals surface area contributed by atoms with Crippen molar-refractivity contribution in [3.8, 4) is 0 Å². The number of amidine groups is 1. The van der Waals surface area contributed by atoms with E-state index in [0.717, 1.165) is 85.9 Å². The minimum absolute atomic E-state index is 0.191. The monoisotopic (exact) mass is 663 g/mol. The van der Waals surface area contributed by atoms with Crippen molar-refractivity contribution in [1.29, 1.82) is 0 Å². The number of amides is 2. The summed E-state index contributed by atoms with van der Waals surface area (Å²) in [7, 11) is 4.24. The molecule has 4 aromatic rings. The number of nitrogens with zero attached hydrogens (tertiary/aromatic N) is 6. The molecule has 0 aliphatic carbocycles. The highest BCUT2D eigenvalue weighted by molar-refractivity contribution is 6.20. The second kappa shape index (κ2) is 15.1. The van der Waals surface area contributed by atoms with E-state index >= 15 is 0 Å². The lowest BCUT2D eigenvalue weighted by Gasteiger charge is -2.34. The van der Waals surface area contributed by atoms with Crippen LogP contribution in [-0.2, 0) is 9.59 Å². The summed E-state index contributed by atoms with van der Waals surface area (Å²) in [5.74, 6) is -1.00. The van der Waals surface area contributed by atoms with Crippen LogP contribution in [0.2, 0.25) is 0 Å². The van der Waals surface area contributed by atoms with Crippen LogP contribution in [0.15, 0.2) is 83.7 Å². The van der Waals surface area contributed by atoms with Gasteiger partial charge in [0.15, 0.2) is 0 Å². The number of carbonyl (C=O) groups excluding carboxylic acids is 2. The molecule has 2 aromatic carbocycles. The zero-order chi connectivity index (χ0) is 34.3. The predicted molar refractivity (Wildman–Crippen MR) is 191 cm³/mol. The number of anilines is 2. The molecule has 3 aliphatic rings. The van der Waals surface area contributed by atoms with E-state index < -0.39 is 5.97 Å². The lowest BCUT2D eigenvalue weighted by molar-refractivity contribution is -0.135. The SMILES string of the molecule is CN1CCN(c2cccc(C(=O)NCC(=O)O)c2)CC1.CN1CCN(c2cccc(C3=N/C(=C\c4c[nH]c5ncccc45)C(=O)N3)c2)CC1. The average Bonchev–Trinajstić information content (AvgIpc) is 3.71. The van der Waals surface area contributed by atoms with Gasteiger partial charge >= 0.3 is 5.97 Å². The number of carbonyl (C=O) groups is 3. The number of rotatable bonds is 7. The van der Waals surface area contributed by atoms with E-state index in [1.165, 1.54) is 0 Å². The molecule has 49 heavy (non-hydrogen) atoms. The number of piperazine rings is 2. The Labute approximate surface area is 284 Å². The van der Waals surface area contributed by atoms with Crippen molar-refractivity contribution in [3.05, 3.63) is 95.4 Å². The number of aliphatic imine (C=N–C) groups is 1. The molecule has 2 fully saturated rings. The first kappa shape index (κ1) is 33.4. The Balaban J connectivity index is 0.000000183. The first-order valence-electron chi connectivity index (χ1n) is 16.3. The van der Waals surface area contributed by atoms with Gasteiger partial charge in [0, 0.05) is 98.2 Å². The summed E-state index contributed by atoms with van der Waals surface area (Å²) in [5.41, 5.74) is 5.65. The molecular formula is C36H41N9O4. The molecule has 5 heterocycles. The number of aromatic amines is 1. The van der Waals surface area contributed by atoms with E-state index in [1.54, 1.807) is 18.3 Å². The van der Waals surface area contributed by atoms with Crippen LogP contribution in [0.25, 0.3) is 17.1 Å². The van der Waals surface area contributed by atoms with Crippen molar-refractivity contribution < 1.29 is 19.5 Å². The lowest BCUT2D eigenvalue weighted by Crippen LogP contribution is -2.44. The molecule has 254 valence electrons. The molecule has 0 spiro atoms. The molecule has 13 heteroatoms. The molecule has 2 amide bonds. The second-order valence-electron chi connectivity index (χ2n) is 12.3. The van der Waals surface area contributed by atoms with Gasteiger partial charge in [0.25, 0.3) is 11.8 Å². The van der Waals surface area contributed by atoms with Crippen molar-refractivity contribution in [2.45, 2.75) is 0 Å². The van der Waals surface area contributed by atoms with Crippen molar-refractivity contribution >= 4 is 52.1 Å². The molecule has 0 bridgehead atoms. The van der Waals surface area contributed by atoms with Gasteiger partial charge in [0.1, 0.15) is 23.7 Å². The van der Waals surface area contributed by atoms with Crippen molar-refractivity contribution in [1.82, 2.24) is 30.4 Å². The van der Waals surface area contributed by atoms with Crippen LogP contribution in [0.4, 0.5) is 11.4 Å². The molecule has 0 saturated carbocycles. The minimum atomic E-state index is -1.05. The summed E-state index contributed by atoms with van der Waals surface area (Å²) >= 11 is 0. The topological polar surface area (TPSA) is 150 Å². The fourth-order valence-corrected chi connectivity index (χ4v) is 5.93. The molecule has 4 N–H and O–H groups in total. The number of aromatic nitrogens is 2. The van der Waals surface area contributed by atoms with Crippen molar-refractivity contribution in [2.24, 2.45) is 4.99 Å². The van der Waals surface area contributed by atoms with Gasteiger partial charge in [-0.05, 0) is 62.6 Å². The Kier molecular flexibility index (Phi) is 10.3. The zero-order valence-corrected chi connectivity index (χ0v) is 27.7. The van der Waals surface area contributed by atoms with Crippen LogP contribution in [0.1, 0.15) is 21.5 Å². The van der Waals surface area contributed by atoms with Gasteiger partial charge in [0.2, 0.25) is 0 Å². The number of carboxylic acids is 1. The zero-order valence-electron chi connectivity index (χ0n) is 27.7. The van der Waals surface area contributed by atoms with E-state index in [2.05, 4.69) is 71.4 Å². The van der Waals surface area contributed by atoms with Gasteiger partial charge in [0.05, 0.1) is 0 Å². The number of pyridine rings is 1. The van der Waals surface area contributed by atoms with Crippen LogP contribution in [0.5, 0.6) is 0 Å². The molecule has 3 aliphatic heterocycles. The molecule has 2 aromatic heterocycles. The van der Waals surface area contributed by atoms with Gasteiger partial charge in [-0.3, -0.25) is 14.4 Å². The maximum atomic E-state index is 12.5. The van der Waals surface area contributed by atoms with Gasteiger partial charge in [-0.25, -0.2) is 9.98 Å². The van der Waals surface area contributed by atoms with Gasteiger partial charge in [-0.1, -0.05) is 18.2 Å². The van der Waals surface area contributed by atoms with E-state index in [9.17, 15) is 14.4 Å². The summed E-state index contributed by atoms with van der Waals surface area (Å²) in [4.78, 5) is 56.0. The summed E-state index contributed by atoms with van der Waals surface area (Å²) in [6, 6.07) is 19.4. The maximum Gasteiger partial charge on any atom is 0.322 e. The van der Waals surface area contributed by atoms with Crippen molar-refractivity contribution in [2.75, 3.05) is 82.8 Å². The predicted octanol–water partition coefficient (Wildman–Crippen LogP) is 2.49. The van der Waals surface area contributed by atoms with E-state index in [0.29, 0.717) is 17.1 Å². The van der Waals surface area contributed by atoms with Gasteiger partial charge in [-0.15, -0.1) is 0 Å². The number of nitrogens with one attached hydrogen (secondary N) is 3. The molecule has 0 radical (unpaired) electrons. The van der Waals surface area contributed by atoms with Gasteiger partial charge < -0.3 is 40.3 Å². The minimum Gasteiger partial charge on any atom is -0.480 e. The second-order valence-corrected chi connectivity index (χ2v) is 12.3. The quantitative estimate of drug-likeness (QED) is 0.219. The maximum absolute atomic E-state index is 12.5. The number of H-pyrrole nitrogens is 1. The average molecular weight is 664 g/mol. The van der Waals surface area contributed by atoms with Crippen LogP contribution >= 0.6 is 0 Å². The summed E-state index contributed by atoms with van der Waals surface area (Å²) < 4.78 is 0. The summed E-state index contributed by atoms with van der Waals surface area (Å²) in [5, 5.41) is 14.8. The van der Waals surface area contributed by atoms with E-state index in [-0.39, 0.29) is 18.4 Å². The number of aliphatic carboxylic acids is 1. The Morgan fingerprint density at radius 3 is 2.20 bits per heavy atom. The van der Waals surface area contributed by atoms with Gasteiger partial charge in [-0.2, -0.15) is 0 Å². The molecule has 2 saturated heterocycles. The third kappa shape index (κ3) is 8.31. The number of carboxylic acid groups (broad SMARTS) is 1. The lowest BCUT2D eigenvalue weighted by atomic mass is 10.1. The molecule has 0 unspecified atom stereocenters. The largest absolute Gasteiger partial charge is 0.480 e. The molecule has 13 nitrogen and oxygen atoms in total. The summed E-state index contributed by atoms with van der Waals surface area (Å²) in [6.07, 6.45) is 5.38. The Bertz CT molecular complexity index is 1890. The number of hydrogen-bond acceptors (Lipinski definition) is 9. The number of fused-ring (bicyclic) bond motifs is 1. The van der Waals surface area contributed by atoms with E-state index in [1.807, 2.05) is 48.7 Å². The number of hydrogen-bond donors (Lipinski definition) is 4. The molecular weight excluding hydrogens is 622 g/mol. The molecule has 7 rings (SSSR count). The third-order valence-electron chi connectivity index (χ3n) is 8.84. The van der Waals surface area contributed by atoms with Crippen molar-refractivity contribution in [3.63, 3.8) is 0 Å². The smallest absolute Gasteiger partial charge is 0.322 e. The molecule has 0 atom stereocenters. The third-order valence-corrected chi connectivity index (χ3v) is 8.84. The van der Waals surface area contributed by atoms with Crippen LogP contribution < -0.4 is 20.4 Å². The summed E-state index contributed by atoms with van der Waals surface area (Å²) in [6.45, 7) is 7.58. The van der Waals surface area contributed by atoms with E-state index in [4.69, 9.17) is 5.11 Å². The van der Waals surface area contributed by atoms with Crippen LogP contribution in [-0.4, -0.2) is 121 Å². The Hall–Kier alpha value is -5.53. The fourth-order valence-electron chi connectivity index (χ4n) is 5.93. The first-order chi connectivity index (χ1) is 23.7. The Morgan fingerprint density at radius 1 is 0.878 bits per heavy atom. The highest BCUT2D eigenvalue weighted by Gasteiger charge is 2.23. The highest BCUT2D eigenvalue weighted by atomic mass is 16.4. The number of benzene rings is 2. The Morgan fingerprint density at radius 2 is 1.53 bits per heavy atom. The highest BCUT2D eigenvalue weighted by Crippen LogP contribution is 2.23. The first-order valence-corrected chi connectivity index (χ1v) is 16.3. The van der Waals surface area contributed by atoms with Crippen LogP contribution in [0, 0.1) is 0 Å². The normalized spacial score (nSPS) is 17.8. The standard InChI is InChI=1S/C22H22N6O.C14H19N3O3/c1-27-8-10-28(11-9-27)17-5-2-4-15(12-17)20-25-19(22(29)26-20)13-16-14-24-21-18(16)6-3-7-23-21;1-16-5-7-17(8-6-16)12-4-2-3-11(9-12)14(20)15-10-13(18)19/h2-7,12-14H,8-11H2,1H3,(H,23,24)(H,25,26,29);2-4,9H,5-8,10H2,1H3,(H,15,20)(H,18,19)/b19-13-;. The fraction of sp³-hybridized carbons (Fsp3) is 0.306.